The molecular formula is C52H30N2S2. The van der Waals surface area contributed by atoms with Crippen LogP contribution in [0.15, 0.2) is 183 Å². The number of hydrogen-bond acceptors (Lipinski definition) is 4. The summed E-state index contributed by atoms with van der Waals surface area (Å²) in [4.78, 5) is 8.95. The third-order valence-electron chi connectivity index (χ3n) is 11.5. The van der Waals surface area contributed by atoms with Crippen molar-refractivity contribution in [1.82, 2.24) is 9.97 Å². The van der Waals surface area contributed by atoms with Gasteiger partial charge in [0.2, 0.25) is 0 Å². The van der Waals surface area contributed by atoms with Gasteiger partial charge in [-0.3, -0.25) is 9.97 Å². The molecule has 0 saturated heterocycles. The number of fused-ring (bicyclic) bond motifs is 14. The summed E-state index contributed by atoms with van der Waals surface area (Å²) >= 11 is 3.66. The van der Waals surface area contributed by atoms with Gasteiger partial charge in [-0.25, -0.2) is 0 Å². The van der Waals surface area contributed by atoms with Gasteiger partial charge in [0.15, 0.2) is 0 Å². The van der Waals surface area contributed by atoms with E-state index in [0.717, 1.165) is 0 Å². The van der Waals surface area contributed by atoms with Gasteiger partial charge in [0.1, 0.15) is 0 Å². The van der Waals surface area contributed by atoms with Crippen LogP contribution in [0, 0.1) is 0 Å². The summed E-state index contributed by atoms with van der Waals surface area (Å²) in [7, 11) is 0. The molecule has 0 unspecified atom stereocenters. The van der Waals surface area contributed by atoms with E-state index >= 15 is 0 Å². The molecule has 1 aliphatic rings. The van der Waals surface area contributed by atoms with E-state index in [1.54, 1.807) is 0 Å². The van der Waals surface area contributed by atoms with Crippen molar-refractivity contribution in [3.63, 3.8) is 0 Å². The molecule has 0 aliphatic heterocycles. The van der Waals surface area contributed by atoms with Gasteiger partial charge in [-0.15, -0.1) is 22.7 Å². The van der Waals surface area contributed by atoms with Gasteiger partial charge in [-0.05, 0) is 108 Å². The maximum Gasteiger partial charge on any atom is 0.0538 e. The largest absolute Gasteiger partial charge is 0.263 e. The van der Waals surface area contributed by atoms with Gasteiger partial charge in [0.25, 0.3) is 0 Å². The highest BCUT2D eigenvalue weighted by Crippen LogP contribution is 2.52. The Bertz CT molecular complexity index is 3250. The molecule has 4 heteroatoms. The molecule has 260 valence electrons. The molecule has 1 aliphatic carbocycles. The zero-order chi connectivity index (χ0) is 36.7. The SMILES string of the molecule is c1ccc2c(c1)-c1ccccc1-c1cccc(-c3cc(-c4cccc5c4sc4cnccc45)cc(-c4cccc5c4sc4cnccc45)c3)c1-c1ccccc1-2. The summed E-state index contributed by atoms with van der Waals surface area (Å²) < 4.78 is 4.97. The maximum atomic E-state index is 4.48. The van der Waals surface area contributed by atoms with Crippen molar-refractivity contribution in [2.24, 2.45) is 0 Å². The van der Waals surface area contributed by atoms with E-state index in [1.165, 1.54) is 118 Å². The number of thiophene rings is 2. The Hall–Kier alpha value is -6.72. The highest BCUT2D eigenvalue weighted by atomic mass is 32.1. The van der Waals surface area contributed by atoms with Crippen LogP contribution >= 0.6 is 22.7 Å². The Morgan fingerprint density at radius 2 is 0.679 bits per heavy atom. The van der Waals surface area contributed by atoms with Gasteiger partial charge in [0.05, 0.1) is 9.40 Å². The average molecular weight is 747 g/mol. The molecule has 2 nitrogen and oxygen atoms in total. The van der Waals surface area contributed by atoms with Crippen LogP contribution < -0.4 is 0 Å². The lowest BCUT2D eigenvalue weighted by Crippen LogP contribution is -1.99. The molecule has 0 amide bonds. The van der Waals surface area contributed by atoms with Gasteiger partial charge >= 0.3 is 0 Å². The molecule has 11 aromatic rings. The van der Waals surface area contributed by atoms with E-state index in [4.69, 9.17) is 0 Å². The van der Waals surface area contributed by atoms with Crippen LogP contribution in [0.4, 0.5) is 0 Å². The summed E-state index contributed by atoms with van der Waals surface area (Å²) in [6, 6.07) is 58.7. The minimum atomic E-state index is 1.19. The van der Waals surface area contributed by atoms with Crippen molar-refractivity contribution in [3.8, 4) is 77.9 Å². The van der Waals surface area contributed by atoms with Gasteiger partial charge < -0.3 is 0 Å². The van der Waals surface area contributed by atoms with E-state index in [2.05, 4.69) is 168 Å². The average Bonchev–Trinajstić information content (AvgIpc) is 3.84. The van der Waals surface area contributed by atoms with Crippen LogP contribution in [0.3, 0.4) is 0 Å². The Morgan fingerprint density at radius 1 is 0.304 bits per heavy atom. The first-order valence-electron chi connectivity index (χ1n) is 18.9. The maximum absolute atomic E-state index is 4.48. The predicted octanol–water partition coefficient (Wildman–Crippen LogP) is 15.2. The normalized spacial score (nSPS) is 11.9. The summed E-state index contributed by atoms with van der Waals surface area (Å²) in [6.45, 7) is 0. The summed E-state index contributed by atoms with van der Waals surface area (Å²) in [5.41, 5.74) is 17.3. The fourth-order valence-electron chi connectivity index (χ4n) is 9.00. The van der Waals surface area contributed by atoms with Crippen molar-refractivity contribution < 1.29 is 0 Å². The minimum Gasteiger partial charge on any atom is -0.263 e. The number of benzene rings is 7. The fraction of sp³-hybridized carbons (Fsp3) is 0. The van der Waals surface area contributed by atoms with Crippen LogP contribution in [0.2, 0.25) is 0 Å². The molecule has 7 aromatic carbocycles. The summed E-state index contributed by atoms with van der Waals surface area (Å²) in [5, 5.41) is 5.04. The third-order valence-corrected chi connectivity index (χ3v) is 13.8. The molecule has 4 aromatic heterocycles. The van der Waals surface area contributed by atoms with Crippen LogP contribution in [-0.2, 0) is 0 Å². The quantitative estimate of drug-likeness (QED) is 0.180. The fourth-order valence-corrected chi connectivity index (χ4v) is 11.4. The van der Waals surface area contributed by atoms with E-state index in [0.29, 0.717) is 0 Å². The lowest BCUT2D eigenvalue weighted by Gasteiger charge is -2.25. The van der Waals surface area contributed by atoms with Gasteiger partial charge in [0, 0.05) is 55.7 Å². The second-order valence-corrected chi connectivity index (χ2v) is 16.6. The number of nitrogens with zero attached hydrogens (tertiary/aromatic N) is 2. The predicted molar refractivity (Wildman–Crippen MR) is 239 cm³/mol. The number of rotatable bonds is 3. The van der Waals surface area contributed by atoms with E-state index in [-0.39, 0.29) is 0 Å². The number of aromatic nitrogens is 2. The Balaban J connectivity index is 1.19. The van der Waals surface area contributed by atoms with Crippen molar-refractivity contribution in [2.45, 2.75) is 0 Å². The first-order valence-corrected chi connectivity index (χ1v) is 20.5. The molecule has 0 N–H and O–H groups in total. The van der Waals surface area contributed by atoms with E-state index in [1.807, 2.05) is 47.5 Å². The smallest absolute Gasteiger partial charge is 0.0538 e. The lowest BCUT2D eigenvalue weighted by molar-refractivity contribution is 1.37. The third kappa shape index (κ3) is 4.73. The molecule has 0 saturated carbocycles. The molecule has 0 fully saturated rings. The molecule has 56 heavy (non-hydrogen) atoms. The van der Waals surface area contributed by atoms with E-state index in [9.17, 15) is 0 Å². The highest BCUT2D eigenvalue weighted by molar-refractivity contribution is 7.26. The zero-order valence-electron chi connectivity index (χ0n) is 30.0. The molecule has 0 bridgehead atoms. The number of pyridine rings is 2. The Kier molecular flexibility index (Phi) is 7.00. The van der Waals surface area contributed by atoms with Gasteiger partial charge in [-0.1, -0.05) is 127 Å². The second kappa shape index (κ2) is 12.4. The van der Waals surface area contributed by atoms with E-state index < -0.39 is 0 Å². The van der Waals surface area contributed by atoms with Crippen LogP contribution in [0.1, 0.15) is 0 Å². The van der Waals surface area contributed by atoms with Crippen LogP contribution in [-0.4, -0.2) is 9.97 Å². The summed E-state index contributed by atoms with van der Waals surface area (Å²) in [6.07, 6.45) is 7.80. The highest BCUT2D eigenvalue weighted by Gasteiger charge is 2.25. The standard InChI is InChI=1S/C52H30N2S2/c1-2-11-38-37(10-1)39-12-3-4-13-41(39)45-19-7-16-34(50(45)44-15-6-5-14-40(38)44)31-26-32(35-17-8-20-46-42-22-24-53-29-48(42)55-51(35)46)28-33(27-31)36-18-9-21-47-43-23-25-54-30-49(43)56-52(36)47/h1-30H. The first kappa shape index (κ1) is 31.6. The zero-order valence-corrected chi connectivity index (χ0v) is 31.7. The molecule has 0 radical (unpaired) electrons. The Morgan fingerprint density at radius 3 is 1.20 bits per heavy atom. The molecule has 12 rings (SSSR count). The van der Waals surface area contributed by atoms with Crippen molar-refractivity contribution in [1.29, 1.82) is 0 Å². The topological polar surface area (TPSA) is 25.8 Å². The minimum absolute atomic E-state index is 1.19. The van der Waals surface area contributed by atoms with Crippen LogP contribution in [0.5, 0.6) is 0 Å². The van der Waals surface area contributed by atoms with Crippen molar-refractivity contribution >= 4 is 63.0 Å². The van der Waals surface area contributed by atoms with Crippen molar-refractivity contribution in [3.05, 3.63) is 183 Å². The monoisotopic (exact) mass is 746 g/mol. The van der Waals surface area contributed by atoms with Crippen molar-refractivity contribution in [2.75, 3.05) is 0 Å². The van der Waals surface area contributed by atoms with Crippen LogP contribution in [0.25, 0.3) is 118 Å². The number of hydrogen-bond donors (Lipinski definition) is 0. The summed E-state index contributed by atoms with van der Waals surface area (Å²) in [5.74, 6) is 0. The first-order chi connectivity index (χ1) is 27.8. The molecule has 4 heterocycles. The molecule has 0 spiro atoms. The lowest BCUT2D eigenvalue weighted by atomic mass is 9.78. The molecule has 0 atom stereocenters. The second-order valence-electron chi connectivity index (χ2n) is 14.5. The molecular weight excluding hydrogens is 717 g/mol. The Labute approximate surface area is 331 Å². The van der Waals surface area contributed by atoms with Gasteiger partial charge in [-0.2, -0.15) is 0 Å².